The number of benzene rings is 1. The van der Waals surface area contributed by atoms with E-state index in [9.17, 15) is 9.59 Å². The number of aryl methyl sites for hydroxylation is 2. The van der Waals surface area contributed by atoms with Crippen LogP contribution in [0.25, 0.3) is 0 Å². The fourth-order valence-electron chi connectivity index (χ4n) is 2.80. The Labute approximate surface area is 135 Å². The molecule has 1 atom stereocenters. The quantitative estimate of drug-likeness (QED) is 0.944. The fraction of sp³-hybridized carbons (Fsp3) is 0.333. The number of likely N-dealkylation sites (tertiary alicyclic amines) is 1. The molecule has 3 rings (SSSR count). The van der Waals surface area contributed by atoms with E-state index in [4.69, 9.17) is 4.42 Å². The van der Waals surface area contributed by atoms with E-state index in [2.05, 4.69) is 5.32 Å². The molecule has 5 heteroatoms. The van der Waals surface area contributed by atoms with Crippen LogP contribution in [-0.4, -0.2) is 23.3 Å². The number of anilines is 1. The van der Waals surface area contributed by atoms with Gasteiger partial charge in [-0.05, 0) is 43.2 Å². The van der Waals surface area contributed by atoms with Crippen LogP contribution in [0.2, 0.25) is 0 Å². The summed E-state index contributed by atoms with van der Waals surface area (Å²) in [4.78, 5) is 26.2. The molecule has 0 bridgehead atoms. The molecule has 1 aromatic heterocycles. The lowest BCUT2D eigenvalue weighted by atomic mass is 10.1. The predicted molar refractivity (Wildman–Crippen MR) is 86.8 cm³/mol. The van der Waals surface area contributed by atoms with Crippen LogP contribution in [0.15, 0.2) is 41.0 Å². The first-order chi connectivity index (χ1) is 11.0. The van der Waals surface area contributed by atoms with Crippen LogP contribution >= 0.6 is 0 Å². The van der Waals surface area contributed by atoms with Crippen LogP contribution in [0, 0.1) is 19.8 Å². The minimum Gasteiger partial charge on any atom is -0.467 e. The van der Waals surface area contributed by atoms with Crippen molar-refractivity contribution in [1.82, 2.24) is 4.90 Å². The summed E-state index contributed by atoms with van der Waals surface area (Å²) in [7, 11) is 0. The Hall–Kier alpha value is -2.56. The van der Waals surface area contributed by atoms with Crippen LogP contribution in [0.1, 0.15) is 23.3 Å². The van der Waals surface area contributed by atoms with Crippen LogP contribution in [0.5, 0.6) is 0 Å². The smallest absolute Gasteiger partial charge is 0.229 e. The van der Waals surface area contributed by atoms with Crippen molar-refractivity contribution in [2.24, 2.45) is 5.92 Å². The SMILES string of the molecule is Cc1ccc(C)c(NC(=O)C2CC(=O)N(Cc3ccco3)C2)c1. The van der Waals surface area contributed by atoms with Crippen molar-refractivity contribution in [3.63, 3.8) is 0 Å². The maximum Gasteiger partial charge on any atom is 0.229 e. The Balaban J connectivity index is 1.64. The molecule has 1 aliphatic heterocycles. The molecule has 120 valence electrons. The molecule has 2 aromatic rings. The zero-order chi connectivity index (χ0) is 16.4. The summed E-state index contributed by atoms with van der Waals surface area (Å²) in [6.45, 7) is 4.78. The van der Waals surface area contributed by atoms with Gasteiger partial charge in [0.1, 0.15) is 5.76 Å². The van der Waals surface area contributed by atoms with Gasteiger partial charge in [0.25, 0.3) is 0 Å². The summed E-state index contributed by atoms with van der Waals surface area (Å²) in [6.07, 6.45) is 1.83. The fourth-order valence-corrected chi connectivity index (χ4v) is 2.80. The van der Waals surface area contributed by atoms with E-state index in [-0.39, 0.29) is 24.2 Å². The third-order valence-electron chi connectivity index (χ3n) is 4.16. The maximum atomic E-state index is 12.5. The van der Waals surface area contributed by atoms with E-state index < -0.39 is 0 Å². The molecule has 2 heterocycles. The van der Waals surface area contributed by atoms with Crippen molar-refractivity contribution in [2.45, 2.75) is 26.8 Å². The van der Waals surface area contributed by atoms with E-state index >= 15 is 0 Å². The van der Waals surface area contributed by atoms with Crippen LogP contribution < -0.4 is 5.32 Å². The molecule has 1 unspecified atom stereocenters. The minimum absolute atomic E-state index is 0.0116. The number of furan rings is 1. The highest BCUT2D eigenvalue weighted by atomic mass is 16.3. The molecule has 1 aromatic carbocycles. The molecule has 0 aliphatic carbocycles. The topological polar surface area (TPSA) is 62.6 Å². The number of hydrogen-bond acceptors (Lipinski definition) is 3. The van der Waals surface area contributed by atoms with Gasteiger partial charge in [0, 0.05) is 18.7 Å². The van der Waals surface area contributed by atoms with Gasteiger partial charge >= 0.3 is 0 Å². The maximum absolute atomic E-state index is 12.5. The Morgan fingerprint density at radius 2 is 2.17 bits per heavy atom. The van der Waals surface area contributed by atoms with E-state index in [1.807, 2.05) is 38.1 Å². The number of nitrogens with zero attached hydrogens (tertiary/aromatic N) is 1. The average molecular weight is 312 g/mol. The summed E-state index contributed by atoms with van der Waals surface area (Å²) in [5.74, 6) is 0.294. The molecule has 23 heavy (non-hydrogen) atoms. The Kier molecular flexibility index (Phi) is 4.19. The van der Waals surface area contributed by atoms with Crippen LogP contribution in [0.3, 0.4) is 0 Å². The molecule has 5 nitrogen and oxygen atoms in total. The average Bonchev–Trinajstić information content (AvgIpc) is 3.14. The molecule has 2 amide bonds. The number of nitrogens with one attached hydrogen (secondary N) is 1. The van der Waals surface area contributed by atoms with E-state index in [1.165, 1.54) is 0 Å². The second kappa shape index (κ2) is 6.28. The molecule has 1 fully saturated rings. The number of carbonyl (C=O) groups is 2. The Morgan fingerprint density at radius 3 is 2.91 bits per heavy atom. The third-order valence-corrected chi connectivity index (χ3v) is 4.16. The first-order valence-corrected chi connectivity index (χ1v) is 7.71. The molecule has 0 spiro atoms. The van der Waals surface area contributed by atoms with Crippen LogP contribution in [0.4, 0.5) is 5.69 Å². The lowest BCUT2D eigenvalue weighted by Gasteiger charge is -2.15. The molecular formula is C18H20N2O3. The largest absolute Gasteiger partial charge is 0.467 e. The zero-order valence-electron chi connectivity index (χ0n) is 13.3. The molecule has 1 N–H and O–H groups in total. The van der Waals surface area contributed by atoms with Crippen molar-refractivity contribution in [2.75, 3.05) is 11.9 Å². The van der Waals surface area contributed by atoms with E-state index in [1.54, 1.807) is 17.2 Å². The lowest BCUT2D eigenvalue weighted by molar-refractivity contribution is -0.128. The van der Waals surface area contributed by atoms with Gasteiger partial charge in [0.2, 0.25) is 11.8 Å². The van der Waals surface area contributed by atoms with Crippen molar-refractivity contribution >= 4 is 17.5 Å². The predicted octanol–water partition coefficient (Wildman–Crippen LogP) is 2.88. The van der Waals surface area contributed by atoms with Gasteiger partial charge in [-0.1, -0.05) is 12.1 Å². The van der Waals surface area contributed by atoms with Crippen molar-refractivity contribution < 1.29 is 14.0 Å². The summed E-state index contributed by atoms with van der Waals surface area (Å²) in [6, 6.07) is 9.56. The standard InChI is InChI=1S/C18H20N2O3/c1-12-5-6-13(2)16(8-12)19-18(22)14-9-17(21)20(10-14)11-15-4-3-7-23-15/h3-8,14H,9-11H2,1-2H3,(H,19,22). The van der Waals surface area contributed by atoms with E-state index in [0.717, 1.165) is 22.6 Å². The number of hydrogen-bond donors (Lipinski definition) is 1. The van der Waals surface area contributed by atoms with Gasteiger partial charge in [-0.2, -0.15) is 0 Å². The molecular weight excluding hydrogens is 292 g/mol. The van der Waals surface area contributed by atoms with Gasteiger partial charge in [0.15, 0.2) is 0 Å². The summed E-state index contributed by atoms with van der Waals surface area (Å²) in [5, 5.41) is 2.95. The first-order valence-electron chi connectivity index (χ1n) is 7.71. The van der Waals surface area contributed by atoms with Crippen molar-refractivity contribution in [3.05, 3.63) is 53.5 Å². The summed E-state index contributed by atoms with van der Waals surface area (Å²) in [5.41, 5.74) is 2.92. The van der Waals surface area contributed by atoms with Gasteiger partial charge < -0.3 is 14.6 Å². The van der Waals surface area contributed by atoms with Crippen molar-refractivity contribution in [1.29, 1.82) is 0 Å². The molecule has 0 radical (unpaired) electrons. The lowest BCUT2D eigenvalue weighted by Crippen LogP contribution is -2.28. The third kappa shape index (κ3) is 3.44. The highest BCUT2D eigenvalue weighted by Crippen LogP contribution is 2.23. The highest BCUT2D eigenvalue weighted by Gasteiger charge is 2.34. The van der Waals surface area contributed by atoms with Crippen molar-refractivity contribution in [3.8, 4) is 0 Å². The zero-order valence-corrected chi connectivity index (χ0v) is 13.3. The van der Waals surface area contributed by atoms with Gasteiger partial charge in [0.05, 0.1) is 18.7 Å². The molecule has 1 aliphatic rings. The monoisotopic (exact) mass is 312 g/mol. The molecule has 1 saturated heterocycles. The van der Waals surface area contributed by atoms with Crippen LogP contribution in [-0.2, 0) is 16.1 Å². The van der Waals surface area contributed by atoms with Gasteiger partial charge in [-0.3, -0.25) is 9.59 Å². The Morgan fingerprint density at radius 1 is 1.35 bits per heavy atom. The summed E-state index contributed by atoms with van der Waals surface area (Å²) >= 11 is 0. The number of amides is 2. The number of rotatable bonds is 4. The van der Waals surface area contributed by atoms with E-state index in [0.29, 0.717) is 13.1 Å². The van der Waals surface area contributed by atoms with Gasteiger partial charge in [-0.15, -0.1) is 0 Å². The minimum atomic E-state index is -0.322. The summed E-state index contributed by atoms with van der Waals surface area (Å²) < 4.78 is 5.27. The second-order valence-corrected chi connectivity index (χ2v) is 6.06. The highest BCUT2D eigenvalue weighted by molar-refractivity contribution is 5.97. The Bertz CT molecular complexity index is 722. The number of carbonyl (C=O) groups excluding carboxylic acids is 2. The second-order valence-electron chi connectivity index (χ2n) is 6.06. The molecule has 0 saturated carbocycles. The first kappa shape index (κ1) is 15.3. The van der Waals surface area contributed by atoms with Gasteiger partial charge in [-0.25, -0.2) is 0 Å². The normalized spacial score (nSPS) is 17.6.